The summed E-state index contributed by atoms with van der Waals surface area (Å²) in [4.78, 5) is 14.7. The van der Waals surface area contributed by atoms with Crippen LogP contribution in [0.25, 0.3) is 0 Å². The van der Waals surface area contributed by atoms with E-state index >= 15 is 0 Å². The van der Waals surface area contributed by atoms with Gasteiger partial charge in [-0.2, -0.15) is 0 Å². The molecule has 2 aromatic carbocycles. The Kier molecular flexibility index (Phi) is 7.69. The molecule has 0 aromatic heterocycles. The van der Waals surface area contributed by atoms with Crippen LogP contribution in [0.2, 0.25) is 5.02 Å². The van der Waals surface area contributed by atoms with Gasteiger partial charge in [-0.3, -0.25) is 9.69 Å². The average molecular weight is 387 g/mol. The molecule has 0 radical (unpaired) electrons. The highest BCUT2D eigenvalue weighted by Gasteiger charge is 2.24. The molecule has 1 amide bonds. The number of benzene rings is 2. The summed E-state index contributed by atoms with van der Waals surface area (Å²) in [5.41, 5.74) is 2.33. The molecule has 5 heteroatoms. The van der Waals surface area contributed by atoms with E-state index in [0.717, 1.165) is 36.5 Å². The predicted molar refractivity (Wildman–Crippen MR) is 109 cm³/mol. The van der Waals surface area contributed by atoms with Gasteiger partial charge in [0.15, 0.2) is 0 Å². The maximum absolute atomic E-state index is 12.3. The van der Waals surface area contributed by atoms with Crippen LogP contribution in [0.5, 0.6) is 0 Å². The molecule has 1 saturated heterocycles. The topological polar surface area (TPSA) is 41.6 Å². The van der Waals surface area contributed by atoms with Gasteiger partial charge in [0, 0.05) is 31.1 Å². The van der Waals surface area contributed by atoms with Crippen molar-refractivity contribution < 1.29 is 9.53 Å². The number of hydrogen-bond acceptors (Lipinski definition) is 3. The third-order valence-electron chi connectivity index (χ3n) is 4.96. The van der Waals surface area contributed by atoms with Crippen LogP contribution in [0, 0.1) is 0 Å². The van der Waals surface area contributed by atoms with Crippen LogP contribution >= 0.6 is 11.6 Å². The van der Waals surface area contributed by atoms with Crippen molar-refractivity contribution in [1.29, 1.82) is 0 Å². The Balaban J connectivity index is 1.54. The molecule has 0 saturated carbocycles. The van der Waals surface area contributed by atoms with Crippen LogP contribution in [-0.4, -0.2) is 43.7 Å². The quantitative estimate of drug-likeness (QED) is 0.749. The van der Waals surface area contributed by atoms with Crippen LogP contribution in [0.3, 0.4) is 0 Å². The molecule has 27 heavy (non-hydrogen) atoms. The first-order valence-electron chi connectivity index (χ1n) is 9.61. The van der Waals surface area contributed by atoms with Gasteiger partial charge in [-0.05, 0) is 30.0 Å². The highest BCUT2D eigenvalue weighted by atomic mass is 35.5. The summed E-state index contributed by atoms with van der Waals surface area (Å²) in [6.45, 7) is 3.69. The zero-order valence-corrected chi connectivity index (χ0v) is 16.3. The predicted octanol–water partition coefficient (Wildman–Crippen LogP) is 3.85. The number of nitrogens with one attached hydrogen (secondary N) is 1. The number of carbonyl (C=O) groups excluding carboxylic acids is 1. The maximum atomic E-state index is 12.3. The Morgan fingerprint density at radius 2 is 1.78 bits per heavy atom. The van der Waals surface area contributed by atoms with Crippen molar-refractivity contribution >= 4 is 17.5 Å². The zero-order chi connectivity index (χ0) is 18.9. The molecule has 3 rings (SSSR count). The second kappa shape index (κ2) is 10.5. The summed E-state index contributed by atoms with van der Waals surface area (Å²) in [6, 6.07) is 18.2. The smallest absolute Gasteiger partial charge is 0.220 e. The lowest BCUT2D eigenvalue weighted by Gasteiger charge is -2.35. The van der Waals surface area contributed by atoms with E-state index in [2.05, 4.69) is 22.3 Å². The number of amides is 1. The van der Waals surface area contributed by atoms with E-state index < -0.39 is 0 Å². The van der Waals surface area contributed by atoms with Gasteiger partial charge in [0.2, 0.25) is 5.91 Å². The monoisotopic (exact) mass is 386 g/mol. The van der Waals surface area contributed by atoms with Gasteiger partial charge in [-0.15, -0.1) is 0 Å². The third kappa shape index (κ3) is 6.06. The number of halogens is 1. The van der Waals surface area contributed by atoms with Crippen LogP contribution in [0.1, 0.15) is 30.0 Å². The Morgan fingerprint density at radius 1 is 1.07 bits per heavy atom. The molecule has 1 atom stereocenters. The summed E-state index contributed by atoms with van der Waals surface area (Å²) >= 11 is 6.43. The highest BCUT2D eigenvalue weighted by Crippen LogP contribution is 2.27. The third-order valence-corrected chi connectivity index (χ3v) is 5.30. The van der Waals surface area contributed by atoms with Crippen molar-refractivity contribution in [3.8, 4) is 0 Å². The number of carbonyl (C=O) groups is 1. The lowest BCUT2D eigenvalue weighted by Crippen LogP contribution is -2.43. The molecule has 2 aromatic rings. The van der Waals surface area contributed by atoms with E-state index in [1.165, 1.54) is 5.56 Å². The molecule has 1 fully saturated rings. The van der Waals surface area contributed by atoms with E-state index in [9.17, 15) is 4.79 Å². The molecular weight excluding hydrogens is 360 g/mol. The fourth-order valence-corrected chi connectivity index (χ4v) is 3.73. The first-order valence-corrected chi connectivity index (χ1v) is 9.98. The molecule has 0 spiro atoms. The standard InChI is InChI=1S/C22H27ClN2O2/c23-20-11-5-4-10-19(20)21(25-13-15-27-16-14-25)17-24-22(26)12-6-9-18-7-2-1-3-8-18/h1-5,7-8,10-11,21H,6,9,12-17H2,(H,24,26)/t21-/m0/s1. The fraction of sp³-hybridized carbons (Fsp3) is 0.409. The zero-order valence-electron chi connectivity index (χ0n) is 15.6. The first-order chi connectivity index (χ1) is 13.2. The van der Waals surface area contributed by atoms with Crippen LogP contribution < -0.4 is 5.32 Å². The van der Waals surface area contributed by atoms with Crippen molar-refractivity contribution in [3.63, 3.8) is 0 Å². The van der Waals surface area contributed by atoms with E-state index in [0.29, 0.717) is 26.2 Å². The molecule has 1 aliphatic heterocycles. The summed E-state index contributed by atoms with van der Waals surface area (Å²) in [6.07, 6.45) is 2.31. The van der Waals surface area contributed by atoms with Gasteiger partial charge in [0.25, 0.3) is 0 Å². The fourth-order valence-electron chi connectivity index (χ4n) is 3.47. The van der Waals surface area contributed by atoms with Gasteiger partial charge in [0.1, 0.15) is 0 Å². The number of morpholine rings is 1. The Morgan fingerprint density at radius 3 is 2.52 bits per heavy atom. The Hall–Kier alpha value is -1.88. The molecule has 0 bridgehead atoms. The summed E-state index contributed by atoms with van der Waals surface area (Å²) < 4.78 is 5.47. The van der Waals surface area contributed by atoms with E-state index in [4.69, 9.17) is 16.3 Å². The second-order valence-electron chi connectivity index (χ2n) is 6.83. The molecule has 1 heterocycles. The Bertz CT molecular complexity index is 717. The van der Waals surface area contributed by atoms with Gasteiger partial charge in [-0.25, -0.2) is 0 Å². The summed E-state index contributed by atoms with van der Waals surface area (Å²) in [7, 11) is 0. The van der Waals surface area contributed by atoms with Gasteiger partial charge < -0.3 is 10.1 Å². The van der Waals surface area contributed by atoms with Crippen molar-refractivity contribution in [1.82, 2.24) is 10.2 Å². The van der Waals surface area contributed by atoms with Crippen LogP contribution in [0.4, 0.5) is 0 Å². The normalized spacial score (nSPS) is 16.0. The SMILES string of the molecule is O=C(CCCc1ccccc1)NC[C@@H](c1ccccc1Cl)N1CCOCC1. The molecular formula is C22H27ClN2O2. The number of ether oxygens (including phenoxy) is 1. The van der Waals surface area contributed by atoms with E-state index in [1.807, 2.05) is 42.5 Å². The Labute approximate surface area is 166 Å². The molecule has 4 nitrogen and oxygen atoms in total. The lowest BCUT2D eigenvalue weighted by atomic mass is 10.0. The second-order valence-corrected chi connectivity index (χ2v) is 7.24. The molecule has 0 unspecified atom stereocenters. The number of rotatable bonds is 8. The minimum atomic E-state index is 0.0701. The van der Waals surface area contributed by atoms with Crippen LogP contribution in [-0.2, 0) is 16.0 Å². The minimum Gasteiger partial charge on any atom is -0.379 e. The highest BCUT2D eigenvalue weighted by molar-refractivity contribution is 6.31. The van der Waals surface area contributed by atoms with Gasteiger partial charge >= 0.3 is 0 Å². The van der Waals surface area contributed by atoms with Crippen molar-refractivity contribution in [2.75, 3.05) is 32.8 Å². The minimum absolute atomic E-state index is 0.0701. The summed E-state index contributed by atoms with van der Waals surface area (Å²) in [5.74, 6) is 0.0937. The van der Waals surface area contributed by atoms with Crippen molar-refractivity contribution in [2.45, 2.75) is 25.3 Å². The van der Waals surface area contributed by atoms with E-state index in [-0.39, 0.29) is 11.9 Å². The average Bonchev–Trinajstić information content (AvgIpc) is 2.71. The molecule has 1 N–H and O–H groups in total. The maximum Gasteiger partial charge on any atom is 0.220 e. The molecule has 1 aliphatic rings. The molecule has 144 valence electrons. The van der Waals surface area contributed by atoms with Crippen LogP contribution in [0.15, 0.2) is 54.6 Å². The van der Waals surface area contributed by atoms with Gasteiger partial charge in [0.05, 0.1) is 19.3 Å². The largest absolute Gasteiger partial charge is 0.379 e. The molecule has 0 aliphatic carbocycles. The van der Waals surface area contributed by atoms with Gasteiger partial charge in [-0.1, -0.05) is 60.1 Å². The summed E-state index contributed by atoms with van der Waals surface area (Å²) in [5, 5.41) is 3.85. The number of hydrogen-bond donors (Lipinski definition) is 1. The van der Waals surface area contributed by atoms with Crippen molar-refractivity contribution in [3.05, 3.63) is 70.7 Å². The van der Waals surface area contributed by atoms with Crippen molar-refractivity contribution in [2.24, 2.45) is 0 Å². The first kappa shape index (κ1) is 19.9. The number of nitrogens with zero attached hydrogens (tertiary/aromatic N) is 1. The van der Waals surface area contributed by atoms with E-state index in [1.54, 1.807) is 0 Å². The number of aryl methyl sites for hydroxylation is 1. The lowest BCUT2D eigenvalue weighted by molar-refractivity contribution is -0.121.